The van der Waals surface area contributed by atoms with Crippen molar-refractivity contribution in [3.8, 4) is 0 Å². The highest BCUT2D eigenvalue weighted by Crippen LogP contribution is 2.13. The first-order valence-corrected chi connectivity index (χ1v) is 6.48. The smallest absolute Gasteiger partial charge is 0.0900 e. The molecule has 0 aromatic heterocycles. The second kappa shape index (κ2) is 6.69. The Balaban J connectivity index is 2.22. The van der Waals surface area contributed by atoms with Crippen molar-refractivity contribution < 1.29 is 14.6 Å². The molecule has 0 amide bonds. The third-order valence-electron chi connectivity index (χ3n) is 3.02. The molecule has 0 aromatic carbocycles. The second-order valence-electron chi connectivity index (χ2n) is 5.86. The fourth-order valence-electron chi connectivity index (χ4n) is 2.01. The molecule has 1 rings (SSSR count). The minimum absolute atomic E-state index is 0.182. The molecule has 1 N–H and O–H groups in total. The molecule has 4 nitrogen and oxygen atoms in total. The van der Waals surface area contributed by atoms with Crippen LogP contribution in [0.2, 0.25) is 0 Å². The first-order valence-electron chi connectivity index (χ1n) is 6.48. The van der Waals surface area contributed by atoms with Gasteiger partial charge in [0.1, 0.15) is 0 Å². The van der Waals surface area contributed by atoms with Gasteiger partial charge in [-0.2, -0.15) is 0 Å². The minimum Gasteiger partial charge on any atom is -0.389 e. The predicted octanol–water partition coefficient (Wildman–Crippen LogP) is 1.27. The average Bonchev–Trinajstić information content (AvgIpc) is 2.27. The molecule has 0 saturated carbocycles. The van der Waals surface area contributed by atoms with E-state index in [-0.39, 0.29) is 5.60 Å². The number of hydrogen-bond donors (Lipinski definition) is 1. The summed E-state index contributed by atoms with van der Waals surface area (Å²) < 4.78 is 10.9. The van der Waals surface area contributed by atoms with E-state index < -0.39 is 6.10 Å². The maximum absolute atomic E-state index is 9.92. The van der Waals surface area contributed by atoms with E-state index in [0.717, 1.165) is 26.1 Å². The van der Waals surface area contributed by atoms with Crippen LogP contribution in [0.15, 0.2) is 0 Å². The molecule has 102 valence electrons. The minimum atomic E-state index is -0.415. The van der Waals surface area contributed by atoms with Crippen molar-refractivity contribution >= 4 is 0 Å². The van der Waals surface area contributed by atoms with Crippen molar-refractivity contribution in [3.05, 3.63) is 0 Å². The molecule has 17 heavy (non-hydrogen) atoms. The largest absolute Gasteiger partial charge is 0.389 e. The van der Waals surface area contributed by atoms with Gasteiger partial charge in [-0.25, -0.2) is 0 Å². The monoisotopic (exact) mass is 245 g/mol. The molecule has 1 saturated heterocycles. The number of ether oxygens (including phenoxy) is 2. The molecular weight excluding hydrogens is 218 g/mol. The fraction of sp³-hybridized carbons (Fsp3) is 1.00. The molecule has 4 heteroatoms. The molecule has 1 heterocycles. The summed E-state index contributed by atoms with van der Waals surface area (Å²) in [6.07, 6.45) is 1.70. The van der Waals surface area contributed by atoms with Crippen LogP contribution in [-0.2, 0) is 9.47 Å². The molecule has 1 aliphatic heterocycles. The average molecular weight is 245 g/mol. The third kappa shape index (κ3) is 6.36. The maximum Gasteiger partial charge on any atom is 0.0900 e. The Morgan fingerprint density at radius 1 is 1.35 bits per heavy atom. The van der Waals surface area contributed by atoms with E-state index in [1.807, 2.05) is 20.8 Å². The number of rotatable bonds is 5. The lowest BCUT2D eigenvalue weighted by atomic mass is 10.1. The second-order valence-corrected chi connectivity index (χ2v) is 5.86. The summed E-state index contributed by atoms with van der Waals surface area (Å²) in [6.45, 7) is 8.75. The lowest BCUT2D eigenvalue weighted by molar-refractivity contribution is -0.0604. The molecule has 0 radical (unpaired) electrons. The number of hydrogen-bond acceptors (Lipinski definition) is 4. The topological polar surface area (TPSA) is 41.9 Å². The zero-order valence-corrected chi connectivity index (χ0v) is 11.6. The molecule has 0 spiro atoms. The summed E-state index contributed by atoms with van der Waals surface area (Å²) in [5, 5.41) is 9.92. The Kier molecular flexibility index (Phi) is 5.86. The SMILES string of the molecule is CN(CC(O)COC(C)(C)C)C1CCOCC1. The van der Waals surface area contributed by atoms with E-state index in [4.69, 9.17) is 9.47 Å². The lowest BCUT2D eigenvalue weighted by Gasteiger charge is -2.33. The van der Waals surface area contributed by atoms with Crippen LogP contribution < -0.4 is 0 Å². The van der Waals surface area contributed by atoms with E-state index >= 15 is 0 Å². The number of likely N-dealkylation sites (N-methyl/N-ethyl adjacent to an activating group) is 1. The summed E-state index contributed by atoms with van der Waals surface area (Å²) in [4.78, 5) is 2.22. The molecule has 1 aliphatic rings. The first kappa shape index (κ1) is 14.9. The van der Waals surface area contributed by atoms with Gasteiger partial charge >= 0.3 is 0 Å². The Labute approximate surface area is 105 Å². The predicted molar refractivity (Wildman–Crippen MR) is 68.2 cm³/mol. The molecule has 1 fully saturated rings. The fourth-order valence-corrected chi connectivity index (χ4v) is 2.01. The standard InChI is InChI=1S/C13H27NO3/c1-13(2,3)17-10-12(15)9-14(4)11-5-7-16-8-6-11/h11-12,15H,5-10H2,1-4H3. The van der Waals surface area contributed by atoms with E-state index in [2.05, 4.69) is 11.9 Å². The van der Waals surface area contributed by atoms with Gasteiger partial charge in [-0.1, -0.05) is 0 Å². The van der Waals surface area contributed by atoms with Gasteiger partial charge < -0.3 is 19.5 Å². The van der Waals surface area contributed by atoms with Crippen LogP contribution in [0.5, 0.6) is 0 Å². The van der Waals surface area contributed by atoms with Crippen molar-refractivity contribution in [1.29, 1.82) is 0 Å². The van der Waals surface area contributed by atoms with Crippen molar-refractivity contribution in [3.63, 3.8) is 0 Å². The quantitative estimate of drug-likeness (QED) is 0.792. The van der Waals surface area contributed by atoms with Gasteiger partial charge in [0.2, 0.25) is 0 Å². The van der Waals surface area contributed by atoms with Crippen LogP contribution >= 0.6 is 0 Å². The molecule has 0 aliphatic carbocycles. The lowest BCUT2D eigenvalue weighted by Crippen LogP contribution is -2.42. The highest BCUT2D eigenvalue weighted by atomic mass is 16.5. The van der Waals surface area contributed by atoms with Crippen molar-refractivity contribution in [2.75, 3.05) is 33.4 Å². The van der Waals surface area contributed by atoms with E-state index in [9.17, 15) is 5.11 Å². The Morgan fingerprint density at radius 3 is 2.47 bits per heavy atom. The Hall–Kier alpha value is -0.160. The van der Waals surface area contributed by atoms with Crippen molar-refractivity contribution in [2.24, 2.45) is 0 Å². The molecule has 0 aromatic rings. The summed E-state index contributed by atoms with van der Waals surface area (Å²) >= 11 is 0. The highest BCUT2D eigenvalue weighted by Gasteiger charge is 2.21. The van der Waals surface area contributed by atoms with Crippen molar-refractivity contribution in [1.82, 2.24) is 4.90 Å². The number of aliphatic hydroxyl groups is 1. The number of aliphatic hydroxyl groups excluding tert-OH is 1. The Morgan fingerprint density at radius 2 is 1.94 bits per heavy atom. The zero-order valence-electron chi connectivity index (χ0n) is 11.6. The highest BCUT2D eigenvalue weighted by molar-refractivity contribution is 4.74. The van der Waals surface area contributed by atoms with Gasteiger partial charge in [0.05, 0.1) is 18.3 Å². The van der Waals surface area contributed by atoms with Crippen LogP contribution in [0.1, 0.15) is 33.6 Å². The summed E-state index contributed by atoms with van der Waals surface area (Å²) in [5.74, 6) is 0. The summed E-state index contributed by atoms with van der Waals surface area (Å²) in [5.41, 5.74) is -0.182. The van der Waals surface area contributed by atoms with Crippen LogP contribution in [0.3, 0.4) is 0 Å². The van der Waals surface area contributed by atoms with E-state index in [1.54, 1.807) is 0 Å². The first-order chi connectivity index (χ1) is 7.88. The summed E-state index contributed by atoms with van der Waals surface area (Å²) in [6, 6.07) is 0.535. The van der Waals surface area contributed by atoms with Gasteiger partial charge in [0, 0.05) is 25.8 Å². The normalized spacial score (nSPS) is 20.8. The third-order valence-corrected chi connectivity index (χ3v) is 3.02. The van der Waals surface area contributed by atoms with Crippen LogP contribution in [-0.4, -0.2) is 61.2 Å². The van der Waals surface area contributed by atoms with Gasteiger partial charge in [-0.05, 0) is 40.7 Å². The van der Waals surface area contributed by atoms with Crippen LogP contribution in [0.25, 0.3) is 0 Å². The molecule has 1 unspecified atom stereocenters. The van der Waals surface area contributed by atoms with Crippen LogP contribution in [0.4, 0.5) is 0 Å². The Bertz CT molecular complexity index is 209. The number of nitrogens with zero attached hydrogens (tertiary/aromatic N) is 1. The van der Waals surface area contributed by atoms with Crippen LogP contribution in [0, 0.1) is 0 Å². The molecular formula is C13H27NO3. The van der Waals surface area contributed by atoms with Gasteiger partial charge in [0.15, 0.2) is 0 Å². The van der Waals surface area contributed by atoms with Crippen molar-refractivity contribution in [2.45, 2.75) is 51.4 Å². The van der Waals surface area contributed by atoms with Gasteiger partial charge in [-0.15, -0.1) is 0 Å². The molecule has 0 bridgehead atoms. The maximum atomic E-state index is 9.92. The zero-order chi connectivity index (χ0) is 12.9. The van der Waals surface area contributed by atoms with Gasteiger partial charge in [-0.3, -0.25) is 0 Å². The summed E-state index contributed by atoms with van der Waals surface area (Å²) in [7, 11) is 2.07. The molecule has 1 atom stereocenters. The van der Waals surface area contributed by atoms with Gasteiger partial charge in [0.25, 0.3) is 0 Å². The van der Waals surface area contributed by atoms with E-state index in [1.165, 1.54) is 0 Å². The van der Waals surface area contributed by atoms with E-state index in [0.29, 0.717) is 19.2 Å².